The number of fused-ring (bicyclic) bond motifs is 1. The van der Waals surface area contributed by atoms with E-state index < -0.39 is 0 Å². The average Bonchev–Trinajstić information content (AvgIpc) is 3.43. The minimum absolute atomic E-state index is 0.191. The second-order valence-electron chi connectivity index (χ2n) is 7.91. The maximum Gasteiger partial charge on any atom is 0.340 e. The molecule has 0 amide bonds. The number of nitrogens with zero attached hydrogens (tertiary/aromatic N) is 4. The highest BCUT2D eigenvalue weighted by Gasteiger charge is 2.30. The quantitative estimate of drug-likeness (QED) is 0.550. The lowest BCUT2D eigenvalue weighted by Gasteiger charge is -2.34. The van der Waals surface area contributed by atoms with Crippen molar-refractivity contribution in [1.82, 2.24) is 30.0 Å². The SMILES string of the molecule is CC=CN1C=CC=CC1N1CC[C@H](Nc2nc(-c3n[nH]c(=O)[nH]3)cc3cccc(Cl)c23)C1. The van der Waals surface area contributed by atoms with Crippen LogP contribution in [-0.2, 0) is 0 Å². The molecule has 5 rings (SSSR count). The zero-order valence-electron chi connectivity index (χ0n) is 17.6. The minimum Gasteiger partial charge on any atom is -0.365 e. The van der Waals surface area contributed by atoms with Gasteiger partial charge in [-0.15, -0.1) is 0 Å². The highest BCUT2D eigenvalue weighted by atomic mass is 35.5. The van der Waals surface area contributed by atoms with Gasteiger partial charge >= 0.3 is 5.69 Å². The number of rotatable bonds is 5. The Hall–Kier alpha value is -3.36. The van der Waals surface area contributed by atoms with Crippen LogP contribution in [0.1, 0.15) is 13.3 Å². The Bertz CT molecular complexity index is 1270. The van der Waals surface area contributed by atoms with E-state index in [0.717, 1.165) is 30.3 Å². The van der Waals surface area contributed by atoms with Gasteiger partial charge in [0.15, 0.2) is 5.82 Å². The van der Waals surface area contributed by atoms with Crippen LogP contribution in [0.25, 0.3) is 22.3 Å². The molecule has 2 atom stereocenters. The zero-order chi connectivity index (χ0) is 22.1. The summed E-state index contributed by atoms with van der Waals surface area (Å²) in [5, 5.41) is 12.5. The number of allylic oxidation sites excluding steroid dienone is 3. The van der Waals surface area contributed by atoms with Gasteiger partial charge in [0.2, 0.25) is 0 Å². The summed E-state index contributed by atoms with van der Waals surface area (Å²) in [5.74, 6) is 1.09. The monoisotopic (exact) mass is 449 g/mol. The van der Waals surface area contributed by atoms with Crippen LogP contribution >= 0.6 is 11.6 Å². The fourth-order valence-electron chi connectivity index (χ4n) is 4.34. The second kappa shape index (κ2) is 8.64. The van der Waals surface area contributed by atoms with Gasteiger partial charge in [0.25, 0.3) is 0 Å². The Labute approximate surface area is 190 Å². The van der Waals surface area contributed by atoms with Crippen LogP contribution < -0.4 is 11.0 Å². The summed E-state index contributed by atoms with van der Waals surface area (Å²) in [6, 6.07) is 7.84. The number of H-pyrrole nitrogens is 2. The van der Waals surface area contributed by atoms with Gasteiger partial charge < -0.3 is 10.2 Å². The van der Waals surface area contributed by atoms with E-state index in [1.807, 2.05) is 43.3 Å². The summed E-state index contributed by atoms with van der Waals surface area (Å²) in [7, 11) is 0. The Morgan fingerprint density at radius 2 is 2.22 bits per heavy atom. The van der Waals surface area contributed by atoms with Crippen LogP contribution in [0.5, 0.6) is 0 Å². The number of aromatic amines is 2. The van der Waals surface area contributed by atoms with Crippen LogP contribution in [0.2, 0.25) is 5.02 Å². The van der Waals surface area contributed by atoms with Crippen molar-refractivity contribution in [2.24, 2.45) is 0 Å². The topological polar surface area (TPSA) is 92.9 Å². The summed E-state index contributed by atoms with van der Waals surface area (Å²) in [4.78, 5) is 23.6. The minimum atomic E-state index is -0.366. The van der Waals surface area contributed by atoms with Gasteiger partial charge in [0.05, 0.1) is 5.02 Å². The first-order chi connectivity index (χ1) is 15.6. The third-order valence-corrected chi connectivity index (χ3v) is 6.08. The van der Waals surface area contributed by atoms with Crippen molar-refractivity contribution >= 4 is 28.2 Å². The molecule has 3 aromatic rings. The lowest BCUT2D eigenvalue weighted by Crippen LogP contribution is -2.43. The number of aromatic nitrogens is 4. The molecule has 1 unspecified atom stereocenters. The van der Waals surface area contributed by atoms with Crippen molar-refractivity contribution in [3.63, 3.8) is 0 Å². The van der Waals surface area contributed by atoms with Crippen LogP contribution in [-0.4, -0.2) is 55.3 Å². The molecule has 0 spiro atoms. The normalized spacial score (nSPS) is 21.2. The fourth-order valence-corrected chi connectivity index (χ4v) is 4.61. The van der Waals surface area contributed by atoms with E-state index in [2.05, 4.69) is 54.8 Å². The van der Waals surface area contributed by atoms with Gasteiger partial charge in [-0.2, -0.15) is 5.10 Å². The first-order valence-corrected chi connectivity index (χ1v) is 11.0. The molecule has 2 aliphatic rings. The maximum absolute atomic E-state index is 11.5. The molecule has 32 heavy (non-hydrogen) atoms. The average molecular weight is 450 g/mol. The predicted octanol–water partition coefficient (Wildman–Crippen LogP) is 3.70. The maximum atomic E-state index is 11.5. The number of hydrogen-bond donors (Lipinski definition) is 3. The van der Waals surface area contributed by atoms with Gasteiger partial charge in [0.1, 0.15) is 17.7 Å². The molecule has 0 radical (unpaired) electrons. The van der Waals surface area contributed by atoms with Crippen molar-refractivity contribution in [3.05, 3.63) is 76.5 Å². The molecule has 3 N–H and O–H groups in total. The van der Waals surface area contributed by atoms with Gasteiger partial charge in [-0.25, -0.2) is 14.9 Å². The number of benzene rings is 1. The van der Waals surface area contributed by atoms with Crippen molar-refractivity contribution in [2.45, 2.75) is 25.6 Å². The molecule has 1 saturated heterocycles. The molecule has 0 bridgehead atoms. The third kappa shape index (κ3) is 3.94. The summed E-state index contributed by atoms with van der Waals surface area (Å²) in [6.45, 7) is 3.86. The van der Waals surface area contributed by atoms with Gasteiger partial charge in [0, 0.05) is 36.9 Å². The Morgan fingerprint density at radius 3 is 3.03 bits per heavy atom. The molecular weight excluding hydrogens is 426 g/mol. The molecule has 9 heteroatoms. The van der Waals surface area contributed by atoms with Crippen molar-refractivity contribution in [3.8, 4) is 11.5 Å². The summed E-state index contributed by atoms with van der Waals surface area (Å²) < 4.78 is 0. The van der Waals surface area contributed by atoms with E-state index in [0.29, 0.717) is 22.4 Å². The van der Waals surface area contributed by atoms with E-state index in [9.17, 15) is 4.79 Å². The van der Waals surface area contributed by atoms with E-state index in [1.54, 1.807) is 0 Å². The van der Waals surface area contributed by atoms with E-state index in [1.165, 1.54) is 0 Å². The van der Waals surface area contributed by atoms with Crippen LogP contribution in [0.15, 0.2) is 65.8 Å². The lowest BCUT2D eigenvalue weighted by molar-refractivity contribution is 0.173. The highest BCUT2D eigenvalue weighted by molar-refractivity contribution is 6.36. The van der Waals surface area contributed by atoms with Gasteiger partial charge in [-0.05, 0) is 43.0 Å². The third-order valence-electron chi connectivity index (χ3n) is 5.76. The van der Waals surface area contributed by atoms with Crippen LogP contribution in [0, 0.1) is 0 Å². The molecular formula is C23H24ClN7O. The Balaban J connectivity index is 1.43. The predicted molar refractivity (Wildman–Crippen MR) is 127 cm³/mol. The Morgan fingerprint density at radius 1 is 1.31 bits per heavy atom. The molecule has 1 fully saturated rings. The second-order valence-corrected chi connectivity index (χ2v) is 8.32. The molecule has 0 aliphatic carbocycles. The number of hydrogen-bond acceptors (Lipinski definition) is 6. The zero-order valence-corrected chi connectivity index (χ0v) is 18.4. The van der Waals surface area contributed by atoms with Crippen LogP contribution in [0.3, 0.4) is 0 Å². The number of anilines is 1. The number of nitrogens with one attached hydrogen (secondary N) is 3. The first-order valence-electron chi connectivity index (χ1n) is 10.6. The summed E-state index contributed by atoms with van der Waals surface area (Å²) in [6.07, 6.45) is 13.8. The van der Waals surface area contributed by atoms with Gasteiger partial charge in [-0.1, -0.05) is 35.9 Å². The van der Waals surface area contributed by atoms with E-state index in [-0.39, 0.29) is 17.9 Å². The Kier molecular flexibility index (Phi) is 5.55. The molecule has 1 aromatic carbocycles. The fraction of sp³-hybridized carbons (Fsp3) is 0.261. The van der Waals surface area contributed by atoms with Crippen molar-refractivity contribution in [1.29, 1.82) is 0 Å². The lowest BCUT2D eigenvalue weighted by atomic mass is 10.1. The largest absolute Gasteiger partial charge is 0.365 e. The standard InChI is InChI=1S/C23H24ClN7O/c1-2-10-30-11-4-3-8-19(30)31-12-9-16(14-31)25-22-20-15(6-5-7-17(20)24)13-18(26-22)21-27-23(32)29-28-21/h2-8,10-11,13,16,19H,9,12,14H2,1H3,(H,25,26)(H2,27,28,29,32)/t16-,19?/m0/s1. The molecule has 4 heterocycles. The van der Waals surface area contributed by atoms with Crippen LogP contribution in [0.4, 0.5) is 5.82 Å². The number of halogens is 1. The highest BCUT2D eigenvalue weighted by Crippen LogP contribution is 2.33. The van der Waals surface area contributed by atoms with Crippen molar-refractivity contribution in [2.75, 3.05) is 18.4 Å². The van der Waals surface area contributed by atoms with Gasteiger partial charge in [-0.3, -0.25) is 9.88 Å². The first kappa shape index (κ1) is 20.5. The van der Waals surface area contributed by atoms with Crippen molar-refractivity contribution < 1.29 is 0 Å². The summed E-state index contributed by atoms with van der Waals surface area (Å²) in [5.41, 5.74) is 0.212. The molecule has 8 nitrogen and oxygen atoms in total. The smallest absolute Gasteiger partial charge is 0.340 e. The number of likely N-dealkylation sites (tertiary alicyclic amines) is 1. The van der Waals surface area contributed by atoms with E-state index >= 15 is 0 Å². The molecule has 164 valence electrons. The molecule has 2 aliphatic heterocycles. The molecule has 0 saturated carbocycles. The number of pyridine rings is 1. The summed E-state index contributed by atoms with van der Waals surface area (Å²) >= 11 is 6.55. The van der Waals surface area contributed by atoms with E-state index in [4.69, 9.17) is 16.6 Å². The molecule has 2 aromatic heterocycles.